The fourth-order valence-corrected chi connectivity index (χ4v) is 2.25. The molecule has 0 aromatic carbocycles. The first-order valence-corrected chi connectivity index (χ1v) is 7.09. The van der Waals surface area contributed by atoms with Crippen LogP contribution >= 0.6 is 0 Å². The first kappa shape index (κ1) is 17.2. The standard InChI is InChI=1S/C17H29F/c1-7-10-13-17(18,12-9-3)16(11-8-2)15(6)14(4)5/h8,11H,2,7,9-10,12-13H2,1,3-6H3/b16-11+. The topological polar surface area (TPSA) is 0 Å². The Morgan fingerprint density at radius 2 is 1.72 bits per heavy atom. The number of allylic oxidation sites excluding steroid dienone is 5. The Morgan fingerprint density at radius 1 is 1.11 bits per heavy atom. The van der Waals surface area contributed by atoms with E-state index in [1.807, 2.05) is 33.8 Å². The van der Waals surface area contributed by atoms with Gasteiger partial charge in [0.1, 0.15) is 5.67 Å². The molecule has 0 aliphatic carbocycles. The number of rotatable bonds is 8. The lowest BCUT2D eigenvalue weighted by Crippen LogP contribution is -2.26. The summed E-state index contributed by atoms with van der Waals surface area (Å²) in [4.78, 5) is 0. The molecular weight excluding hydrogens is 223 g/mol. The molecule has 0 fully saturated rings. The van der Waals surface area contributed by atoms with Gasteiger partial charge in [0.2, 0.25) is 0 Å². The molecule has 0 heterocycles. The summed E-state index contributed by atoms with van der Waals surface area (Å²) in [5, 5.41) is 0. The highest BCUT2D eigenvalue weighted by Gasteiger charge is 2.33. The Labute approximate surface area is 113 Å². The van der Waals surface area contributed by atoms with Crippen molar-refractivity contribution < 1.29 is 4.39 Å². The van der Waals surface area contributed by atoms with Crippen molar-refractivity contribution >= 4 is 0 Å². The molecule has 1 atom stereocenters. The van der Waals surface area contributed by atoms with Crippen LogP contribution in [0.5, 0.6) is 0 Å². The van der Waals surface area contributed by atoms with Crippen LogP contribution in [-0.4, -0.2) is 5.67 Å². The van der Waals surface area contributed by atoms with Gasteiger partial charge in [-0.1, -0.05) is 57.4 Å². The SMILES string of the molecule is C=C/C=C(\C(C)=C(C)C)C(F)(CCC)CCCC. The quantitative estimate of drug-likeness (QED) is 0.454. The van der Waals surface area contributed by atoms with Gasteiger partial charge in [-0.05, 0) is 44.8 Å². The van der Waals surface area contributed by atoms with Gasteiger partial charge in [0, 0.05) is 0 Å². The highest BCUT2D eigenvalue weighted by atomic mass is 19.1. The maximum absolute atomic E-state index is 15.3. The summed E-state index contributed by atoms with van der Waals surface area (Å²) < 4.78 is 15.3. The normalized spacial score (nSPS) is 15.1. The van der Waals surface area contributed by atoms with Gasteiger partial charge in [-0.3, -0.25) is 0 Å². The third-order valence-electron chi connectivity index (χ3n) is 3.49. The van der Waals surface area contributed by atoms with E-state index in [1.165, 1.54) is 5.57 Å². The van der Waals surface area contributed by atoms with Crippen LogP contribution < -0.4 is 0 Å². The van der Waals surface area contributed by atoms with E-state index in [0.29, 0.717) is 12.8 Å². The molecule has 0 nitrogen and oxygen atoms in total. The maximum atomic E-state index is 15.3. The van der Waals surface area contributed by atoms with Gasteiger partial charge in [0.25, 0.3) is 0 Å². The molecule has 1 heteroatoms. The second kappa shape index (κ2) is 8.29. The summed E-state index contributed by atoms with van der Waals surface area (Å²) in [6.07, 6.45) is 7.60. The smallest absolute Gasteiger partial charge is 0.136 e. The summed E-state index contributed by atoms with van der Waals surface area (Å²) >= 11 is 0. The predicted molar refractivity (Wildman–Crippen MR) is 80.6 cm³/mol. The van der Waals surface area contributed by atoms with Gasteiger partial charge in [-0.2, -0.15) is 0 Å². The average Bonchev–Trinajstić information content (AvgIpc) is 2.32. The average molecular weight is 252 g/mol. The zero-order chi connectivity index (χ0) is 14.2. The number of alkyl halides is 1. The second-order valence-corrected chi connectivity index (χ2v) is 5.26. The van der Waals surface area contributed by atoms with E-state index in [1.54, 1.807) is 6.08 Å². The van der Waals surface area contributed by atoms with E-state index in [9.17, 15) is 0 Å². The van der Waals surface area contributed by atoms with E-state index >= 15 is 4.39 Å². The Balaban J connectivity index is 5.44. The highest BCUT2D eigenvalue weighted by molar-refractivity contribution is 5.41. The molecule has 18 heavy (non-hydrogen) atoms. The van der Waals surface area contributed by atoms with E-state index in [4.69, 9.17) is 0 Å². The maximum Gasteiger partial charge on any atom is 0.136 e. The van der Waals surface area contributed by atoms with Crippen molar-refractivity contribution in [3.63, 3.8) is 0 Å². The van der Waals surface area contributed by atoms with Gasteiger partial charge in [-0.15, -0.1) is 0 Å². The second-order valence-electron chi connectivity index (χ2n) is 5.26. The van der Waals surface area contributed by atoms with Crippen molar-refractivity contribution in [2.45, 2.75) is 72.4 Å². The van der Waals surface area contributed by atoms with Gasteiger partial charge in [0.05, 0.1) is 0 Å². The Kier molecular flexibility index (Phi) is 7.90. The van der Waals surface area contributed by atoms with E-state index in [0.717, 1.165) is 30.4 Å². The van der Waals surface area contributed by atoms with E-state index in [-0.39, 0.29) is 0 Å². The Bertz CT molecular complexity index is 319. The van der Waals surface area contributed by atoms with Crippen molar-refractivity contribution in [1.29, 1.82) is 0 Å². The van der Waals surface area contributed by atoms with Gasteiger partial charge in [0.15, 0.2) is 0 Å². The molecule has 0 N–H and O–H groups in total. The summed E-state index contributed by atoms with van der Waals surface area (Å²) in [7, 11) is 0. The van der Waals surface area contributed by atoms with Crippen LogP contribution in [0.2, 0.25) is 0 Å². The number of hydrogen-bond donors (Lipinski definition) is 0. The van der Waals surface area contributed by atoms with Crippen LogP contribution in [0.25, 0.3) is 0 Å². The minimum atomic E-state index is -1.19. The lowest BCUT2D eigenvalue weighted by molar-refractivity contribution is 0.179. The zero-order valence-corrected chi connectivity index (χ0v) is 12.8. The van der Waals surface area contributed by atoms with Crippen LogP contribution in [0.1, 0.15) is 66.7 Å². The summed E-state index contributed by atoms with van der Waals surface area (Å²) in [5.41, 5.74) is 1.88. The van der Waals surface area contributed by atoms with E-state index < -0.39 is 5.67 Å². The van der Waals surface area contributed by atoms with Crippen molar-refractivity contribution in [2.75, 3.05) is 0 Å². The molecule has 0 amide bonds. The van der Waals surface area contributed by atoms with Gasteiger partial charge < -0.3 is 0 Å². The molecule has 0 spiro atoms. The highest BCUT2D eigenvalue weighted by Crippen LogP contribution is 2.38. The van der Waals surface area contributed by atoms with Crippen molar-refractivity contribution in [2.24, 2.45) is 0 Å². The van der Waals surface area contributed by atoms with Crippen LogP contribution in [0.4, 0.5) is 4.39 Å². The molecule has 0 saturated carbocycles. The zero-order valence-electron chi connectivity index (χ0n) is 12.8. The van der Waals surface area contributed by atoms with Crippen molar-refractivity contribution in [3.8, 4) is 0 Å². The van der Waals surface area contributed by atoms with E-state index in [2.05, 4.69) is 13.5 Å². The molecule has 0 aliphatic rings. The number of halogens is 1. The summed E-state index contributed by atoms with van der Waals surface area (Å²) in [6.45, 7) is 14.0. The lowest BCUT2D eigenvalue weighted by atomic mass is 9.81. The van der Waals surface area contributed by atoms with Crippen LogP contribution in [0.3, 0.4) is 0 Å². The van der Waals surface area contributed by atoms with Crippen molar-refractivity contribution in [3.05, 3.63) is 35.5 Å². The third kappa shape index (κ3) is 4.80. The molecule has 0 saturated heterocycles. The van der Waals surface area contributed by atoms with Crippen LogP contribution in [0, 0.1) is 0 Å². The molecular formula is C17H29F. The van der Waals surface area contributed by atoms with Gasteiger partial charge >= 0.3 is 0 Å². The monoisotopic (exact) mass is 252 g/mol. The molecule has 0 radical (unpaired) electrons. The van der Waals surface area contributed by atoms with Crippen molar-refractivity contribution in [1.82, 2.24) is 0 Å². The third-order valence-corrected chi connectivity index (χ3v) is 3.49. The summed E-state index contributed by atoms with van der Waals surface area (Å²) in [5.74, 6) is 0. The minimum absolute atomic E-state index is 0.595. The fraction of sp³-hybridized carbons (Fsp3) is 0.647. The van der Waals surface area contributed by atoms with Crippen LogP contribution in [0.15, 0.2) is 35.5 Å². The van der Waals surface area contributed by atoms with Crippen LogP contribution in [-0.2, 0) is 0 Å². The lowest BCUT2D eigenvalue weighted by Gasteiger charge is -2.29. The largest absolute Gasteiger partial charge is 0.239 e. The molecule has 0 aromatic rings. The number of unbranched alkanes of at least 4 members (excludes halogenated alkanes) is 1. The number of hydrogen-bond acceptors (Lipinski definition) is 0. The molecule has 1 unspecified atom stereocenters. The summed E-state index contributed by atoms with van der Waals surface area (Å²) in [6, 6.07) is 0. The Hall–Kier alpha value is -0.850. The molecule has 0 rings (SSSR count). The van der Waals surface area contributed by atoms with Gasteiger partial charge in [-0.25, -0.2) is 4.39 Å². The Morgan fingerprint density at radius 3 is 2.11 bits per heavy atom. The molecule has 0 aliphatic heterocycles. The molecule has 0 aromatic heterocycles. The molecule has 104 valence electrons. The minimum Gasteiger partial charge on any atom is -0.239 e. The first-order valence-electron chi connectivity index (χ1n) is 7.09. The predicted octanol–water partition coefficient (Wildman–Crippen LogP) is 6.15. The fourth-order valence-electron chi connectivity index (χ4n) is 2.25. The first-order chi connectivity index (χ1) is 8.42. The molecule has 0 bridgehead atoms.